The molecule has 0 aliphatic heterocycles. The highest BCUT2D eigenvalue weighted by Gasteiger charge is 2.15. The standard InChI is InChI=1S/C21H19BrN2O/c22-18-10-7-11-19(14-18)23-15-21(25)24(20-12-5-2-6-13-20)16-17-8-3-1-4-9-17/h1-14,23H,15-16H2. The molecule has 0 aliphatic carbocycles. The molecule has 25 heavy (non-hydrogen) atoms. The van der Waals surface area contributed by atoms with Gasteiger partial charge in [-0.15, -0.1) is 0 Å². The van der Waals surface area contributed by atoms with E-state index in [0.29, 0.717) is 6.54 Å². The first kappa shape index (κ1) is 17.2. The lowest BCUT2D eigenvalue weighted by Gasteiger charge is -2.23. The van der Waals surface area contributed by atoms with Crippen LogP contribution in [0.3, 0.4) is 0 Å². The monoisotopic (exact) mass is 394 g/mol. The van der Waals surface area contributed by atoms with Crippen LogP contribution in [0.4, 0.5) is 11.4 Å². The van der Waals surface area contributed by atoms with E-state index in [1.54, 1.807) is 4.90 Å². The largest absolute Gasteiger partial charge is 0.376 e. The molecule has 0 heterocycles. The zero-order chi connectivity index (χ0) is 17.5. The molecule has 4 heteroatoms. The number of para-hydroxylation sites is 1. The first-order valence-corrected chi connectivity index (χ1v) is 8.90. The summed E-state index contributed by atoms with van der Waals surface area (Å²) in [5.74, 6) is 0.0232. The van der Waals surface area contributed by atoms with Crippen molar-refractivity contribution in [2.75, 3.05) is 16.8 Å². The maximum atomic E-state index is 12.9. The molecule has 0 radical (unpaired) electrons. The number of carbonyl (C=O) groups excluding carboxylic acids is 1. The summed E-state index contributed by atoms with van der Waals surface area (Å²) in [5.41, 5.74) is 2.91. The Balaban J connectivity index is 1.75. The van der Waals surface area contributed by atoms with E-state index in [1.165, 1.54) is 0 Å². The summed E-state index contributed by atoms with van der Waals surface area (Å²) in [6.07, 6.45) is 0. The predicted octanol–water partition coefficient (Wildman–Crippen LogP) is 5.09. The fraction of sp³-hybridized carbons (Fsp3) is 0.0952. The summed E-state index contributed by atoms with van der Waals surface area (Å²) < 4.78 is 0.981. The first-order chi connectivity index (χ1) is 12.2. The summed E-state index contributed by atoms with van der Waals surface area (Å²) in [6, 6.07) is 27.6. The fourth-order valence-electron chi connectivity index (χ4n) is 2.57. The van der Waals surface area contributed by atoms with Crippen LogP contribution >= 0.6 is 15.9 Å². The molecular weight excluding hydrogens is 376 g/mol. The van der Waals surface area contributed by atoms with Crippen molar-refractivity contribution in [3.63, 3.8) is 0 Å². The Morgan fingerprint density at radius 3 is 2.24 bits per heavy atom. The molecule has 0 aliphatic rings. The van der Waals surface area contributed by atoms with Crippen LogP contribution < -0.4 is 10.2 Å². The average Bonchev–Trinajstić information content (AvgIpc) is 2.66. The molecule has 0 saturated carbocycles. The van der Waals surface area contributed by atoms with Gasteiger partial charge in [0.25, 0.3) is 0 Å². The van der Waals surface area contributed by atoms with E-state index < -0.39 is 0 Å². The SMILES string of the molecule is O=C(CNc1cccc(Br)c1)N(Cc1ccccc1)c1ccccc1. The number of nitrogens with one attached hydrogen (secondary N) is 1. The van der Waals surface area contributed by atoms with Gasteiger partial charge in [-0.3, -0.25) is 4.79 Å². The van der Waals surface area contributed by atoms with Crippen molar-refractivity contribution in [1.29, 1.82) is 0 Å². The summed E-state index contributed by atoms with van der Waals surface area (Å²) in [6.45, 7) is 0.780. The number of amides is 1. The van der Waals surface area contributed by atoms with Crippen molar-refractivity contribution in [1.82, 2.24) is 0 Å². The zero-order valence-corrected chi connectivity index (χ0v) is 15.3. The summed E-state index contributed by atoms with van der Waals surface area (Å²) in [5, 5.41) is 3.20. The lowest BCUT2D eigenvalue weighted by Crippen LogP contribution is -2.35. The second-order valence-electron chi connectivity index (χ2n) is 5.66. The van der Waals surface area contributed by atoms with Crippen LogP contribution in [0.2, 0.25) is 0 Å². The number of hydrogen-bond acceptors (Lipinski definition) is 2. The molecule has 0 fully saturated rings. The van der Waals surface area contributed by atoms with Gasteiger partial charge in [-0.25, -0.2) is 0 Å². The normalized spacial score (nSPS) is 10.3. The molecule has 3 aromatic rings. The van der Waals surface area contributed by atoms with Gasteiger partial charge in [0, 0.05) is 15.8 Å². The van der Waals surface area contributed by atoms with Crippen LogP contribution in [0, 0.1) is 0 Å². The molecule has 3 nitrogen and oxygen atoms in total. The highest BCUT2D eigenvalue weighted by molar-refractivity contribution is 9.10. The lowest BCUT2D eigenvalue weighted by molar-refractivity contribution is -0.117. The topological polar surface area (TPSA) is 32.3 Å². The summed E-state index contributed by atoms with van der Waals surface area (Å²) >= 11 is 3.44. The molecule has 1 N–H and O–H groups in total. The van der Waals surface area contributed by atoms with Gasteiger partial charge in [-0.2, -0.15) is 0 Å². The minimum absolute atomic E-state index is 0.0232. The van der Waals surface area contributed by atoms with Crippen molar-refractivity contribution in [2.24, 2.45) is 0 Å². The highest BCUT2D eigenvalue weighted by atomic mass is 79.9. The molecule has 0 aromatic heterocycles. The summed E-state index contributed by atoms with van der Waals surface area (Å²) in [7, 11) is 0. The molecule has 3 rings (SSSR count). The number of anilines is 2. The van der Waals surface area contributed by atoms with E-state index in [9.17, 15) is 4.79 Å². The molecule has 3 aromatic carbocycles. The Morgan fingerprint density at radius 1 is 0.880 bits per heavy atom. The number of nitrogens with zero attached hydrogens (tertiary/aromatic N) is 1. The Labute approximate surface area is 156 Å². The van der Waals surface area contributed by atoms with Crippen molar-refractivity contribution in [2.45, 2.75) is 6.54 Å². The Bertz CT molecular complexity index is 822. The van der Waals surface area contributed by atoms with Gasteiger partial charge in [-0.05, 0) is 35.9 Å². The van der Waals surface area contributed by atoms with Crippen LogP contribution in [0.25, 0.3) is 0 Å². The number of rotatable bonds is 6. The van der Waals surface area contributed by atoms with Crippen molar-refractivity contribution >= 4 is 33.2 Å². The molecule has 0 spiro atoms. The van der Waals surface area contributed by atoms with E-state index in [4.69, 9.17) is 0 Å². The van der Waals surface area contributed by atoms with Gasteiger partial charge < -0.3 is 10.2 Å². The van der Waals surface area contributed by atoms with Crippen molar-refractivity contribution in [3.8, 4) is 0 Å². The minimum Gasteiger partial charge on any atom is -0.376 e. The Kier molecular flexibility index (Phi) is 5.86. The van der Waals surface area contributed by atoms with Gasteiger partial charge >= 0.3 is 0 Å². The van der Waals surface area contributed by atoms with Crippen LogP contribution in [0.5, 0.6) is 0 Å². The van der Waals surface area contributed by atoms with Crippen molar-refractivity contribution in [3.05, 3.63) is 95.0 Å². The van der Waals surface area contributed by atoms with Crippen LogP contribution in [-0.4, -0.2) is 12.5 Å². The average molecular weight is 395 g/mol. The van der Waals surface area contributed by atoms with Crippen LogP contribution in [0.15, 0.2) is 89.4 Å². The number of hydrogen-bond donors (Lipinski definition) is 1. The quantitative estimate of drug-likeness (QED) is 0.630. The number of carbonyl (C=O) groups is 1. The molecule has 1 amide bonds. The third-order valence-corrected chi connectivity index (χ3v) is 4.31. The maximum absolute atomic E-state index is 12.9. The van der Waals surface area contributed by atoms with Crippen molar-refractivity contribution < 1.29 is 4.79 Å². The van der Waals surface area contributed by atoms with E-state index in [2.05, 4.69) is 21.2 Å². The third-order valence-electron chi connectivity index (χ3n) is 3.82. The van der Waals surface area contributed by atoms with Crippen LogP contribution in [0.1, 0.15) is 5.56 Å². The second kappa shape index (κ2) is 8.49. The van der Waals surface area contributed by atoms with E-state index >= 15 is 0 Å². The van der Waals surface area contributed by atoms with E-state index in [1.807, 2.05) is 84.9 Å². The van der Waals surface area contributed by atoms with Gasteiger partial charge in [0.15, 0.2) is 0 Å². The van der Waals surface area contributed by atoms with E-state index in [-0.39, 0.29) is 12.5 Å². The Hall–Kier alpha value is -2.59. The van der Waals surface area contributed by atoms with Gasteiger partial charge in [-0.1, -0.05) is 70.5 Å². The Morgan fingerprint density at radius 2 is 1.56 bits per heavy atom. The maximum Gasteiger partial charge on any atom is 0.246 e. The fourth-order valence-corrected chi connectivity index (χ4v) is 2.97. The molecule has 0 saturated heterocycles. The third kappa shape index (κ3) is 4.94. The van der Waals surface area contributed by atoms with Gasteiger partial charge in [0.2, 0.25) is 5.91 Å². The predicted molar refractivity (Wildman–Crippen MR) is 107 cm³/mol. The minimum atomic E-state index is 0.0232. The van der Waals surface area contributed by atoms with E-state index in [0.717, 1.165) is 21.4 Å². The first-order valence-electron chi connectivity index (χ1n) is 8.11. The van der Waals surface area contributed by atoms with Gasteiger partial charge in [0.1, 0.15) is 0 Å². The molecule has 0 atom stereocenters. The number of halogens is 1. The lowest BCUT2D eigenvalue weighted by atomic mass is 10.2. The van der Waals surface area contributed by atoms with Crippen LogP contribution in [-0.2, 0) is 11.3 Å². The molecule has 0 bridgehead atoms. The second-order valence-corrected chi connectivity index (χ2v) is 6.58. The highest BCUT2D eigenvalue weighted by Crippen LogP contribution is 2.19. The molecular formula is C21H19BrN2O. The molecule has 126 valence electrons. The smallest absolute Gasteiger partial charge is 0.246 e. The number of benzene rings is 3. The van der Waals surface area contributed by atoms with Gasteiger partial charge in [0.05, 0.1) is 13.1 Å². The molecule has 0 unspecified atom stereocenters. The zero-order valence-electron chi connectivity index (χ0n) is 13.7. The summed E-state index contributed by atoms with van der Waals surface area (Å²) in [4.78, 5) is 14.7.